The average molecular weight is 319 g/mol. The van der Waals surface area contributed by atoms with E-state index in [0.717, 1.165) is 12.1 Å². The third kappa shape index (κ3) is 4.51. The highest BCUT2D eigenvalue weighted by Gasteiger charge is 2.30. The standard InChI is InChI=1S/C17H25N3O3/c1-12(2)9-19-17(22)14-5-4-7-18-16(14)13-6-8-20(10-13)15(21)11-23-3/h4-5,7,12-13H,6,8-11H2,1-3H3,(H,19,22)/t13-/m0/s1. The fraction of sp³-hybridized carbons (Fsp3) is 0.588. The number of carbonyl (C=O) groups excluding carboxylic acids is 2. The summed E-state index contributed by atoms with van der Waals surface area (Å²) in [5, 5.41) is 2.94. The van der Waals surface area contributed by atoms with E-state index in [1.807, 2.05) is 0 Å². The van der Waals surface area contributed by atoms with Crippen molar-refractivity contribution in [3.8, 4) is 0 Å². The van der Waals surface area contributed by atoms with Crippen LogP contribution in [0.4, 0.5) is 0 Å². The topological polar surface area (TPSA) is 71.5 Å². The van der Waals surface area contributed by atoms with Crippen molar-refractivity contribution in [2.75, 3.05) is 33.4 Å². The molecule has 0 aliphatic carbocycles. The molecule has 1 N–H and O–H groups in total. The van der Waals surface area contributed by atoms with Crippen molar-refractivity contribution in [2.24, 2.45) is 5.92 Å². The molecule has 1 fully saturated rings. The molecule has 1 aliphatic heterocycles. The summed E-state index contributed by atoms with van der Waals surface area (Å²) >= 11 is 0. The first-order chi connectivity index (χ1) is 11.0. The van der Waals surface area contributed by atoms with Crippen LogP contribution < -0.4 is 5.32 Å². The first kappa shape index (κ1) is 17.4. The van der Waals surface area contributed by atoms with Crippen LogP contribution in [-0.2, 0) is 9.53 Å². The van der Waals surface area contributed by atoms with Gasteiger partial charge in [0.25, 0.3) is 5.91 Å². The Balaban J connectivity index is 2.09. The van der Waals surface area contributed by atoms with Crippen LogP contribution >= 0.6 is 0 Å². The second-order valence-corrected chi connectivity index (χ2v) is 6.30. The van der Waals surface area contributed by atoms with Crippen molar-refractivity contribution in [3.05, 3.63) is 29.6 Å². The molecule has 126 valence electrons. The lowest BCUT2D eigenvalue weighted by molar-refractivity contribution is -0.134. The summed E-state index contributed by atoms with van der Waals surface area (Å²) < 4.78 is 4.90. The predicted molar refractivity (Wildman–Crippen MR) is 87.2 cm³/mol. The van der Waals surface area contributed by atoms with Crippen LogP contribution in [0.15, 0.2) is 18.3 Å². The van der Waals surface area contributed by atoms with Crippen LogP contribution in [0.3, 0.4) is 0 Å². The number of methoxy groups -OCH3 is 1. The number of ether oxygens (including phenoxy) is 1. The van der Waals surface area contributed by atoms with E-state index < -0.39 is 0 Å². The number of nitrogens with one attached hydrogen (secondary N) is 1. The monoisotopic (exact) mass is 319 g/mol. The molecule has 1 atom stereocenters. The first-order valence-electron chi connectivity index (χ1n) is 8.02. The van der Waals surface area contributed by atoms with Gasteiger partial charge in [0, 0.05) is 38.9 Å². The predicted octanol–water partition coefficient (Wildman–Crippen LogP) is 1.43. The third-order valence-electron chi connectivity index (χ3n) is 3.95. The summed E-state index contributed by atoms with van der Waals surface area (Å²) in [6.07, 6.45) is 2.52. The quantitative estimate of drug-likeness (QED) is 0.861. The number of likely N-dealkylation sites (tertiary alicyclic amines) is 1. The molecule has 2 amide bonds. The van der Waals surface area contributed by atoms with Crippen LogP contribution in [0.1, 0.15) is 42.2 Å². The molecule has 0 radical (unpaired) electrons. The number of pyridine rings is 1. The Morgan fingerprint density at radius 3 is 2.96 bits per heavy atom. The molecular formula is C17H25N3O3. The van der Waals surface area contributed by atoms with Gasteiger partial charge in [0.15, 0.2) is 0 Å². The van der Waals surface area contributed by atoms with Gasteiger partial charge in [-0.15, -0.1) is 0 Å². The highest BCUT2D eigenvalue weighted by atomic mass is 16.5. The average Bonchev–Trinajstić information content (AvgIpc) is 3.02. The summed E-state index contributed by atoms with van der Waals surface area (Å²) in [6, 6.07) is 3.58. The van der Waals surface area contributed by atoms with Crippen molar-refractivity contribution < 1.29 is 14.3 Å². The number of aromatic nitrogens is 1. The number of amides is 2. The summed E-state index contributed by atoms with van der Waals surface area (Å²) in [6.45, 7) is 6.11. The Labute approximate surface area is 137 Å². The van der Waals surface area contributed by atoms with Crippen molar-refractivity contribution in [1.82, 2.24) is 15.2 Å². The normalized spacial score (nSPS) is 17.6. The lowest BCUT2D eigenvalue weighted by Gasteiger charge is -2.17. The molecule has 6 nitrogen and oxygen atoms in total. The minimum atomic E-state index is -0.0940. The summed E-state index contributed by atoms with van der Waals surface area (Å²) in [7, 11) is 1.52. The molecule has 0 aromatic carbocycles. The maximum atomic E-state index is 12.4. The lowest BCUT2D eigenvalue weighted by Crippen LogP contribution is -2.32. The molecule has 0 unspecified atom stereocenters. The second kappa shape index (κ2) is 8.06. The van der Waals surface area contributed by atoms with Gasteiger partial charge >= 0.3 is 0 Å². The molecule has 0 bridgehead atoms. The van der Waals surface area contributed by atoms with Crippen LogP contribution in [0.25, 0.3) is 0 Å². The number of carbonyl (C=O) groups is 2. The molecule has 1 saturated heterocycles. The molecule has 2 rings (SSSR count). The van der Waals surface area contributed by atoms with Crippen LogP contribution in [0, 0.1) is 5.92 Å². The Bertz CT molecular complexity index is 560. The Kier molecular flexibility index (Phi) is 6.10. The van der Waals surface area contributed by atoms with Crippen molar-refractivity contribution in [1.29, 1.82) is 0 Å². The largest absolute Gasteiger partial charge is 0.375 e. The number of hydrogen-bond acceptors (Lipinski definition) is 4. The molecule has 1 aromatic rings. The first-order valence-corrected chi connectivity index (χ1v) is 8.02. The van der Waals surface area contributed by atoms with Crippen LogP contribution in [0.2, 0.25) is 0 Å². The van der Waals surface area contributed by atoms with Crippen molar-refractivity contribution in [2.45, 2.75) is 26.2 Å². The maximum Gasteiger partial charge on any atom is 0.253 e. The molecule has 6 heteroatoms. The van der Waals surface area contributed by atoms with Gasteiger partial charge < -0.3 is 15.0 Å². The molecule has 0 saturated carbocycles. The number of rotatable bonds is 6. The van der Waals surface area contributed by atoms with E-state index in [1.54, 1.807) is 23.2 Å². The van der Waals surface area contributed by atoms with Gasteiger partial charge in [0.05, 0.1) is 11.3 Å². The van der Waals surface area contributed by atoms with Gasteiger partial charge in [-0.3, -0.25) is 14.6 Å². The van der Waals surface area contributed by atoms with E-state index in [-0.39, 0.29) is 24.3 Å². The van der Waals surface area contributed by atoms with Gasteiger partial charge in [0.1, 0.15) is 6.61 Å². The van der Waals surface area contributed by atoms with E-state index >= 15 is 0 Å². The second-order valence-electron chi connectivity index (χ2n) is 6.30. The Morgan fingerprint density at radius 2 is 2.26 bits per heavy atom. The third-order valence-corrected chi connectivity index (χ3v) is 3.95. The van der Waals surface area contributed by atoms with Gasteiger partial charge in [-0.2, -0.15) is 0 Å². The summed E-state index contributed by atoms with van der Waals surface area (Å²) in [5.41, 5.74) is 1.39. The van der Waals surface area contributed by atoms with Gasteiger partial charge in [-0.1, -0.05) is 13.8 Å². The van der Waals surface area contributed by atoms with Gasteiger partial charge in [-0.05, 0) is 24.5 Å². The maximum absolute atomic E-state index is 12.4. The van der Waals surface area contributed by atoms with E-state index in [0.29, 0.717) is 31.1 Å². The number of hydrogen-bond donors (Lipinski definition) is 1. The van der Waals surface area contributed by atoms with Gasteiger partial charge in [-0.25, -0.2) is 0 Å². The molecule has 2 heterocycles. The fourth-order valence-electron chi connectivity index (χ4n) is 2.75. The molecule has 0 spiro atoms. The summed E-state index contributed by atoms with van der Waals surface area (Å²) in [4.78, 5) is 30.5. The minimum Gasteiger partial charge on any atom is -0.375 e. The minimum absolute atomic E-state index is 0.0169. The highest BCUT2D eigenvalue weighted by molar-refractivity contribution is 5.95. The SMILES string of the molecule is COCC(=O)N1CC[C@H](c2ncccc2C(=O)NCC(C)C)C1. The molecule has 23 heavy (non-hydrogen) atoms. The zero-order valence-corrected chi connectivity index (χ0v) is 14.0. The van der Waals surface area contributed by atoms with Crippen LogP contribution in [-0.4, -0.2) is 55.0 Å². The smallest absolute Gasteiger partial charge is 0.253 e. The summed E-state index contributed by atoms with van der Waals surface area (Å²) in [5.74, 6) is 0.379. The fourth-order valence-corrected chi connectivity index (χ4v) is 2.75. The van der Waals surface area contributed by atoms with E-state index in [2.05, 4.69) is 24.1 Å². The Morgan fingerprint density at radius 1 is 1.48 bits per heavy atom. The van der Waals surface area contributed by atoms with E-state index in [1.165, 1.54) is 7.11 Å². The zero-order valence-electron chi connectivity index (χ0n) is 14.0. The lowest BCUT2D eigenvalue weighted by atomic mass is 9.98. The molecular weight excluding hydrogens is 294 g/mol. The highest BCUT2D eigenvalue weighted by Crippen LogP contribution is 2.28. The zero-order chi connectivity index (χ0) is 16.8. The van der Waals surface area contributed by atoms with E-state index in [4.69, 9.17) is 4.74 Å². The molecule has 1 aliphatic rings. The van der Waals surface area contributed by atoms with Gasteiger partial charge in [0.2, 0.25) is 5.91 Å². The molecule has 1 aromatic heterocycles. The van der Waals surface area contributed by atoms with Crippen LogP contribution in [0.5, 0.6) is 0 Å². The van der Waals surface area contributed by atoms with Crippen molar-refractivity contribution in [3.63, 3.8) is 0 Å². The van der Waals surface area contributed by atoms with Crippen molar-refractivity contribution >= 4 is 11.8 Å². The Hall–Kier alpha value is -1.95. The number of nitrogens with zero attached hydrogens (tertiary/aromatic N) is 2. The van der Waals surface area contributed by atoms with E-state index in [9.17, 15) is 9.59 Å².